The number of aromatic amines is 2. The predicted octanol–water partition coefficient (Wildman–Crippen LogP) is 10.9. The molecule has 5 aromatic rings. The number of hydrogen-bond acceptors (Lipinski definition) is 9. The SMILES string of the molecule is C1=Cc2cc3ccc(cc4nc(cc5ccc(cc1n2)[nH]5)C=C4)[nH]3.CCCCN1CCCCC1C(=O)Nc1c(C)cccc1C.Cl.Cl.O=C1CC[C@@]2(O)[C@H]3Cc4ccc(O)c5c4[C@@]2(CCN3CC2CC2)[C@H]1O5. The first-order valence-electron chi connectivity index (χ1n) is 25.6. The Kier molecular flexibility index (Phi) is 14.9. The van der Waals surface area contributed by atoms with Crippen molar-refractivity contribution in [2.45, 2.75) is 121 Å². The number of phenolic OH excluding ortho intramolecular Hbond substituents is 1. The number of aryl methyl sites for hydroxylation is 2. The van der Waals surface area contributed by atoms with Gasteiger partial charge in [-0.3, -0.25) is 19.4 Å². The van der Waals surface area contributed by atoms with Crippen LogP contribution in [0.4, 0.5) is 5.69 Å². The first kappa shape index (κ1) is 51.2. The fourth-order valence-corrected chi connectivity index (χ4v) is 12.3. The summed E-state index contributed by atoms with van der Waals surface area (Å²) in [5, 5.41) is 25.5. The highest BCUT2D eigenvalue weighted by atomic mass is 35.5. The number of unbranched alkanes of at least 4 members (excludes halogenated alkanes) is 1. The number of rotatable bonds is 7. The Morgan fingerprint density at radius 1 is 0.792 bits per heavy atom. The van der Waals surface area contributed by atoms with Crippen LogP contribution in [0.1, 0.15) is 116 Å². The second kappa shape index (κ2) is 21.0. The van der Waals surface area contributed by atoms with Gasteiger partial charge in [0.2, 0.25) is 5.91 Å². The van der Waals surface area contributed by atoms with Gasteiger partial charge in [0, 0.05) is 52.3 Å². The van der Waals surface area contributed by atoms with Gasteiger partial charge in [0.15, 0.2) is 23.4 Å². The number of aliphatic hydroxyl groups is 1. The van der Waals surface area contributed by atoms with Crippen molar-refractivity contribution in [2.75, 3.05) is 31.5 Å². The molecule has 12 nitrogen and oxygen atoms in total. The minimum absolute atomic E-state index is 0. The number of para-hydroxylation sites is 1. The number of anilines is 1. The fraction of sp³-hybridized carbons (Fsp3) is 0.414. The van der Waals surface area contributed by atoms with E-state index in [1.165, 1.54) is 32.1 Å². The number of nitrogens with one attached hydrogen (secondary N) is 3. The number of likely N-dealkylation sites (tertiary alicyclic amines) is 2. The maximum atomic E-state index is 12.7. The van der Waals surface area contributed by atoms with E-state index < -0.39 is 17.1 Å². The number of carbonyl (C=O) groups is 2. The summed E-state index contributed by atoms with van der Waals surface area (Å²) in [6, 6.07) is 26.2. The maximum absolute atomic E-state index is 12.7. The van der Waals surface area contributed by atoms with Gasteiger partial charge in [0.25, 0.3) is 0 Å². The summed E-state index contributed by atoms with van der Waals surface area (Å²) in [4.78, 5) is 46.3. The summed E-state index contributed by atoms with van der Waals surface area (Å²) >= 11 is 0. The molecule has 10 bridgehead atoms. The van der Waals surface area contributed by atoms with Crippen molar-refractivity contribution in [1.29, 1.82) is 0 Å². The third-order valence-electron chi connectivity index (χ3n) is 16.0. The molecule has 8 aliphatic rings. The molecule has 5 N–H and O–H groups in total. The summed E-state index contributed by atoms with van der Waals surface area (Å²) < 4.78 is 6.04. The van der Waals surface area contributed by atoms with Crippen molar-refractivity contribution in [3.05, 3.63) is 124 Å². The van der Waals surface area contributed by atoms with E-state index in [1.807, 2.05) is 60.7 Å². The molecule has 378 valence electrons. The Labute approximate surface area is 434 Å². The second-order valence-electron chi connectivity index (χ2n) is 20.8. The highest BCUT2D eigenvalue weighted by molar-refractivity contribution is 5.96. The lowest BCUT2D eigenvalue weighted by Crippen LogP contribution is -2.76. The van der Waals surface area contributed by atoms with Gasteiger partial charge in [-0.05, 0) is 186 Å². The third kappa shape index (κ3) is 9.76. The molecule has 2 saturated heterocycles. The topological polar surface area (TPSA) is 160 Å². The number of Topliss-reactive ketones (excluding diaryl/α,β-unsaturated/α-hetero) is 1. The number of piperidine rings is 2. The average Bonchev–Trinajstić information content (AvgIpc) is 3.85. The van der Waals surface area contributed by atoms with E-state index in [-0.39, 0.29) is 54.3 Å². The van der Waals surface area contributed by atoms with Crippen LogP contribution < -0.4 is 10.1 Å². The van der Waals surface area contributed by atoms with Crippen molar-refractivity contribution in [1.82, 2.24) is 29.7 Å². The number of ketones is 1. The first-order valence-corrected chi connectivity index (χ1v) is 25.6. The number of ether oxygens (including phenoxy) is 1. The Morgan fingerprint density at radius 2 is 1.39 bits per heavy atom. The van der Waals surface area contributed by atoms with Gasteiger partial charge < -0.3 is 30.2 Å². The number of halogens is 2. The molecule has 1 amide bonds. The zero-order valence-electron chi connectivity index (χ0n) is 41.5. The van der Waals surface area contributed by atoms with E-state index in [4.69, 9.17) is 4.74 Å². The lowest BCUT2D eigenvalue weighted by Gasteiger charge is -2.62. The maximum Gasteiger partial charge on any atom is 0.241 e. The van der Waals surface area contributed by atoms with Gasteiger partial charge in [-0.1, -0.05) is 44.0 Å². The quantitative estimate of drug-likeness (QED) is 0.105. The van der Waals surface area contributed by atoms with Crippen molar-refractivity contribution >= 4 is 88.6 Å². The van der Waals surface area contributed by atoms with E-state index in [0.717, 1.165) is 131 Å². The second-order valence-corrected chi connectivity index (χ2v) is 20.8. The van der Waals surface area contributed by atoms with Crippen LogP contribution in [0.25, 0.3) is 46.4 Å². The normalized spacial score (nSPS) is 24.3. The van der Waals surface area contributed by atoms with Gasteiger partial charge in [-0.2, -0.15) is 0 Å². The summed E-state index contributed by atoms with van der Waals surface area (Å²) in [6.45, 7) is 10.4. The van der Waals surface area contributed by atoms with Crippen LogP contribution in [0.5, 0.6) is 11.5 Å². The van der Waals surface area contributed by atoms with Gasteiger partial charge in [0.05, 0.1) is 39.8 Å². The summed E-state index contributed by atoms with van der Waals surface area (Å²) in [5.41, 5.74) is 11.6. The van der Waals surface area contributed by atoms with Crippen LogP contribution in [0.2, 0.25) is 0 Å². The highest BCUT2D eigenvalue weighted by Crippen LogP contribution is 2.65. The zero-order valence-corrected chi connectivity index (χ0v) is 43.1. The molecule has 3 aromatic heterocycles. The predicted molar refractivity (Wildman–Crippen MR) is 292 cm³/mol. The molecule has 13 rings (SSSR count). The van der Waals surface area contributed by atoms with Crippen molar-refractivity contribution < 1.29 is 24.5 Å². The molecule has 4 fully saturated rings. The number of aromatic nitrogens is 4. The number of hydrogen-bond donors (Lipinski definition) is 5. The molecule has 8 heterocycles. The zero-order chi connectivity index (χ0) is 48.1. The van der Waals surface area contributed by atoms with Gasteiger partial charge >= 0.3 is 0 Å². The molecule has 1 spiro atoms. The molecule has 5 atom stereocenters. The summed E-state index contributed by atoms with van der Waals surface area (Å²) in [5.74, 6) is 1.56. The number of nitrogens with zero attached hydrogens (tertiary/aromatic N) is 4. The Morgan fingerprint density at radius 3 is 1.96 bits per heavy atom. The largest absolute Gasteiger partial charge is 0.504 e. The minimum Gasteiger partial charge on any atom is -0.504 e. The van der Waals surface area contributed by atoms with Gasteiger partial charge in [0.1, 0.15) is 0 Å². The van der Waals surface area contributed by atoms with Crippen LogP contribution in [0, 0.1) is 19.8 Å². The first-order chi connectivity index (χ1) is 34.0. The van der Waals surface area contributed by atoms with E-state index in [1.54, 1.807) is 6.07 Å². The lowest BCUT2D eigenvalue weighted by molar-refractivity contribution is -0.188. The molecular weight excluding hydrogens is 946 g/mol. The fourth-order valence-electron chi connectivity index (χ4n) is 12.3. The molecular formula is C58H67Cl2N7O5. The highest BCUT2D eigenvalue weighted by Gasteiger charge is 2.73. The number of aromatic hydroxyl groups is 1. The molecule has 3 aliphatic carbocycles. The van der Waals surface area contributed by atoms with Crippen molar-refractivity contribution in [2.24, 2.45) is 5.92 Å². The molecule has 5 aliphatic heterocycles. The molecule has 2 saturated carbocycles. The van der Waals surface area contributed by atoms with Crippen LogP contribution in [0.15, 0.2) is 78.9 Å². The molecule has 72 heavy (non-hydrogen) atoms. The number of H-pyrrole nitrogens is 2. The van der Waals surface area contributed by atoms with Crippen molar-refractivity contribution in [3.8, 4) is 11.5 Å². The number of benzene rings is 2. The monoisotopic (exact) mass is 1010 g/mol. The average molecular weight is 1010 g/mol. The number of carbonyl (C=O) groups excluding carboxylic acids is 2. The summed E-state index contributed by atoms with van der Waals surface area (Å²) in [6.07, 6.45) is 18.1. The number of phenols is 1. The lowest BCUT2D eigenvalue weighted by atomic mass is 9.49. The van der Waals surface area contributed by atoms with E-state index in [2.05, 4.69) is 92.2 Å². The van der Waals surface area contributed by atoms with Crippen LogP contribution in [0.3, 0.4) is 0 Å². The third-order valence-corrected chi connectivity index (χ3v) is 16.0. The van der Waals surface area contributed by atoms with Crippen molar-refractivity contribution in [3.63, 3.8) is 0 Å². The molecule has 1 unspecified atom stereocenters. The Hall–Kier alpha value is -5.76. The van der Waals surface area contributed by atoms with E-state index >= 15 is 0 Å². The Bertz CT molecular complexity index is 2890. The molecule has 0 radical (unpaired) electrons. The van der Waals surface area contributed by atoms with Crippen LogP contribution in [-0.4, -0.2) is 102 Å². The van der Waals surface area contributed by atoms with Crippen LogP contribution >= 0.6 is 24.8 Å². The standard InChI is InChI=1S/C20H14N4.C20H23NO4.C18H28N2O.2ClH/c1-2-14-10-16-5-6-18(23-16)12-20-8-7-19(24-20)11-17-4-3-15(22-17)9-13(1)21-14;22-13-4-3-12-9-15-20(24)6-5-14(23)18-19(20,16(12)17(13)25-18)7-8-21(15)10-11-1-2-11;1-4-5-12-20-13-7-6-11-16(20)18(21)19-17-14(2)9-8-10-15(17)3;;/h1-12,21,24H;3-4,11,15,18,22,24H,1-2,5-10H2;8-10,16H,4-7,11-13H2,1-3H3,(H,19,21);2*1H/t;15-,18+,19+,20-;;;/m.1.../s1. The van der Waals surface area contributed by atoms with E-state index in [9.17, 15) is 19.8 Å². The molecule has 2 aromatic carbocycles. The minimum atomic E-state index is -0.940. The summed E-state index contributed by atoms with van der Waals surface area (Å²) in [7, 11) is 0. The smallest absolute Gasteiger partial charge is 0.241 e. The van der Waals surface area contributed by atoms with E-state index in [0.29, 0.717) is 18.6 Å². The van der Waals surface area contributed by atoms with Gasteiger partial charge in [-0.15, -0.1) is 24.8 Å². The number of fused-ring (bicyclic) bond motifs is 8. The van der Waals surface area contributed by atoms with Crippen LogP contribution in [-0.2, 0) is 21.4 Å². The Balaban J connectivity index is 0.000000132. The number of amides is 1. The molecule has 14 heteroatoms. The van der Waals surface area contributed by atoms with Gasteiger partial charge in [-0.25, -0.2) is 9.97 Å².